The second kappa shape index (κ2) is 7.33. The molecule has 124 valence electrons. The van der Waals surface area contributed by atoms with Crippen LogP contribution in [0.1, 0.15) is 51.4 Å². The Morgan fingerprint density at radius 2 is 1.50 bits per heavy atom. The predicted molar refractivity (Wildman–Crippen MR) is 85.8 cm³/mol. The van der Waals surface area contributed by atoms with Crippen molar-refractivity contribution in [1.82, 2.24) is 4.31 Å². The summed E-state index contributed by atoms with van der Waals surface area (Å²) in [6, 6.07) is 4.79. The average molecular weight is 329 g/mol. The van der Waals surface area contributed by atoms with E-state index in [1.165, 1.54) is 35.5 Å². The Morgan fingerprint density at radius 3 is 1.91 bits per heavy atom. The van der Waals surface area contributed by atoms with Crippen molar-refractivity contribution in [3.63, 3.8) is 0 Å². The third-order valence-corrected chi connectivity index (χ3v) is 6.07. The molecule has 0 radical (unpaired) electrons. The molecule has 0 saturated carbocycles. The lowest BCUT2D eigenvalue weighted by molar-refractivity contribution is 0.0981. The van der Waals surface area contributed by atoms with E-state index in [-0.39, 0.29) is 24.3 Å². The molecule has 6 heteroatoms. The largest absolute Gasteiger partial charge is 0.294 e. The number of rotatable bonds is 7. The minimum Gasteiger partial charge on any atom is -0.294 e. The molecule has 0 aliphatic heterocycles. The SMILES string of the molecule is CC(C)N(C(C)C)S(=O)(=O)C(C)CC(=O)c1ccc(F)cc1. The lowest BCUT2D eigenvalue weighted by Gasteiger charge is -2.32. The summed E-state index contributed by atoms with van der Waals surface area (Å²) < 4.78 is 39.6. The molecule has 0 spiro atoms. The van der Waals surface area contributed by atoms with Crippen LogP contribution in [0.25, 0.3) is 0 Å². The van der Waals surface area contributed by atoms with E-state index in [0.29, 0.717) is 5.56 Å². The summed E-state index contributed by atoms with van der Waals surface area (Å²) in [5, 5.41) is -0.824. The van der Waals surface area contributed by atoms with Crippen molar-refractivity contribution in [2.24, 2.45) is 0 Å². The Hall–Kier alpha value is -1.27. The molecule has 0 bridgehead atoms. The topological polar surface area (TPSA) is 54.5 Å². The standard InChI is InChI=1S/C16H24FNO3S/c1-11(2)18(12(3)4)22(20,21)13(5)10-16(19)14-6-8-15(17)9-7-14/h6-9,11-13H,10H2,1-5H3. The third-order valence-electron chi connectivity index (χ3n) is 3.46. The molecule has 4 nitrogen and oxygen atoms in total. The Labute approximate surface area is 132 Å². The van der Waals surface area contributed by atoms with Gasteiger partial charge in [-0.2, -0.15) is 4.31 Å². The van der Waals surface area contributed by atoms with Gasteiger partial charge >= 0.3 is 0 Å². The molecule has 22 heavy (non-hydrogen) atoms. The average Bonchev–Trinajstić information content (AvgIpc) is 2.37. The van der Waals surface area contributed by atoms with Gasteiger partial charge in [0.1, 0.15) is 5.82 Å². The molecule has 0 saturated heterocycles. The fourth-order valence-electron chi connectivity index (χ4n) is 2.51. The number of hydrogen-bond acceptors (Lipinski definition) is 3. The predicted octanol–water partition coefficient (Wildman–Crippen LogP) is 3.24. The van der Waals surface area contributed by atoms with Gasteiger partial charge in [-0.25, -0.2) is 12.8 Å². The van der Waals surface area contributed by atoms with Crippen molar-refractivity contribution < 1.29 is 17.6 Å². The summed E-state index contributed by atoms with van der Waals surface area (Å²) in [6.07, 6.45) is -0.121. The normalized spacial score (nSPS) is 13.9. The zero-order chi connectivity index (χ0) is 17.1. The molecule has 0 aliphatic carbocycles. The van der Waals surface area contributed by atoms with Gasteiger partial charge in [0.25, 0.3) is 0 Å². The van der Waals surface area contributed by atoms with Gasteiger partial charge in [-0.1, -0.05) is 0 Å². The van der Waals surface area contributed by atoms with E-state index in [4.69, 9.17) is 0 Å². The first kappa shape index (κ1) is 18.8. The van der Waals surface area contributed by atoms with Crippen LogP contribution in [-0.4, -0.2) is 35.8 Å². The highest BCUT2D eigenvalue weighted by Gasteiger charge is 2.33. The maximum Gasteiger partial charge on any atom is 0.217 e. The van der Waals surface area contributed by atoms with Gasteiger partial charge in [-0.15, -0.1) is 0 Å². The second-order valence-electron chi connectivity index (χ2n) is 6.01. The number of sulfonamides is 1. The second-order valence-corrected chi connectivity index (χ2v) is 8.26. The van der Waals surface area contributed by atoms with Crippen LogP contribution in [0.4, 0.5) is 4.39 Å². The highest BCUT2D eigenvalue weighted by atomic mass is 32.2. The Bertz CT molecular complexity index is 601. The fourth-order valence-corrected chi connectivity index (χ4v) is 4.46. The van der Waals surface area contributed by atoms with Crippen LogP contribution in [0.3, 0.4) is 0 Å². The van der Waals surface area contributed by atoms with Crippen molar-refractivity contribution in [1.29, 1.82) is 0 Å². The van der Waals surface area contributed by atoms with Crippen molar-refractivity contribution in [2.45, 2.75) is 58.4 Å². The molecule has 0 heterocycles. The van der Waals surface area contributed by atoms with Gasteiger partial charge in [0, 0.05) is 24.1 Å². The molecule has 1 aromatic rings. The van der Waals surface area contributed by atoms with E-state index in [1.807, 2.05) is 27.7 Å². The summed E-state index contributed by atoms with van der Waals surface area (Å²) in [5.74, 6) is -0.730. The first-order valence-electron chi connectivity index (χ1n) is 7.38. The number of carbonyl (C=O) groups excluding carboxylic acids is 1. The number of carbonyl (C=O) groups is 1. The molecule has 0 N–H and O–H groups in total. The van der Waals surface area contributed by atoms with Crippen LogP contribution in [0.2, 0.25) is 0 Å². The number of benzene rings is 1. The summed E-state index contributed by atoms with van der Waals surface area (Å²) in [6.45, 7) is 8.78. The Morgan fingerprint density at radius 1 is 1.05 bits per heavy atom. The maximum absolute atomic E-state index is 12.9. The summed E-state index contributed by atoms with van der Waals surface area (Å²) in [7, 11) is -3.57. The van der Waals surface area contributed by atoms with Gasteiger partial charge < -0.3 is 0 Å². The molecular weight excluding hydrogens is 305 g/mol. The van der Waals surface area contributed by atoms with Crippen LogP contribution >= 0.6 is 0 Å². The number of nitrogens with zero attached hydrogens (tertiary/aromatic N) is 1. The fraction of sp³-hybridized carbons (Fsp3) is 0.562. The minimum atomic E-state index is -3.57. The van der Waals surface area contributed by atoms with Gasteiger partial charge in [0.2, 0.25) is 10.0 Å². The highest BCUT2D eigenvalue weighted by molar-refractivity contribution is 7.89. The summed E-state index contributed by atoms with van der Waals surface area (Å²) >= 11 is 0. The molecule has 0 aliphatic rings. The number of ketones is 1. The van der Waals surface area contributed by atoms with Crippen molar-refractivity contribution in [3.8, 4) is 0 Å². The smallest absolute Gasteiger partial charge is 0.217 e. The lowest BCUT2D eigenvalue weighted by Crippen LogP contribution is -2.46. The van der Waals surface area contributed by atoms with Gasteiger partial charge in [-0.05, 0) is 58.9 Å². The Balaban J connectivity index is 2.93. The molecular formula is C16H24FNO3S. The van der Waals surface area contributed by atoms with Gasteiger partial charge in [0.05, 0.1) is 5.25 Å². The first-order chi connectivity index (χ1) is 10.1. The monoisotopic (exact) mass is 329 g/mol. The minimum absolute atomic E-state index is 0.121. The van der Waals surface area contributed by atoms with Crippen LogP contribution in [0.5, 0.6) is 0 Å². The molecule has 1 aromatic carbocycles. The molecule has 0 fully saturated rings. The van der Waals surface area contributed by atoms with Crippen LogP contribution in [-0.2, 0) is 10.0 Å². The molecule has 0 aromatic heterocycles. The van der Waals surface area contributed by atoms with E-state index in [2.05, 4.69) is 0 Å². The molecule has 1 unspecified atom stereocenters. The highest BCUT2D eigenvalue weighted by Crippen LogP contribution is 2.20. The van der Waals surface area contributed by atoms with Crippen molar-refractivity contribution >= 4 is 15.8 Å². The lowest BCUT2D eigenvalue weighted by atomic mass is 10.1. The van der Waals surface area contributed by atoms with Gasteiger partial charge in [-0.3, -0.25) is 4.79 Å². The van der Waals surface area contributed by atoms with E-state index in [9.17, 15) is 17.6 Å². The number of hydrogen-bond donors (Lipinski definition) is 0. The molecule has 1 atom stereocenters. The van der Waals surface area contributed by atoms with E-state index in [1.54, 1.807) is 0 Å². The maximum atomic E-state index is 12.9. The van der Waals surface area contributed by atoms with Crippen LogP contribution < -0.4 is 0 Å². The summed E-state index contributed by atoms with van der Waals surface area (Å²) in [4.78, 5) is 12.2. The zero-order valence-electron chi connectivity index (χ0n) is 13.7. The van der Waals surface area contributed by atoms with Crippen LogP contribution in [0, 0.1) is 5.82 Å². The first-order valence-corrected chi connectivity index (χ1v) is 8.88. The summed E-state index contributed by atoms with van der Waals surface area (Å²) in [5.41, 5.74) is 0.323. The van der Waals surface area contributed by atoms with Gasteiger partial charge in [0.15, 0.2) is 5.78 Å². The quantitative estimate of drug-likeness (QED) is 0.722. The molecule has 0 amide bonds. The zero-order valence-corrected chi connectivity index (χ0v) is 14.5. The van der Waals surface area contributed by atoms with E-state index >= 15 is 0 Å². The van der Waals surface area contributed by atoms with Crippen LogP contribution in [0.15, 0.2) is 24.3 Å². The number of halogens is 1. The third kappa shape index (κ3) is 4.36. The van der Waals surface area contributed by atoms with E-state index < -0.39 is 21.1 Å². The number of Topliss-reactive ketones (excluding diaryl/α,β-unsaturated/α-hetero) is 1. The Kier molecular flexibility index (Phi) is 6.26. The van der Waals surface area contributed by atoms with Crippen molar-refractivity contribution in [3.05, 3.63) is 35.6 Å². The molecule has 1 rings (SSSR count). The van der Waals surface area contributed by atoms with Crippen molar-refractivity contribution in [2.75, 3.05) is 0 Å². The van der Waals surface area contributed by atoms with E-state index in [0.717, 1.165) is 0 Å².